The highest BCUT2D eigenvalue weighted by Crippen LogP contribution is 2.24. The van der Waals surface area contributed by atoms with Gasteiger partial charge in [-0.3, -0.25) is 18.5 Å². The number of benzene rings is 1. The lowest BCUT2D eigenvalue weighted by molar-refractivity contribution is 0.220. The second-order valence-electron chi connectivity index (χ2n) is 6.24. The van der Waals surface area contributed by atoms with Gasteiger partial charge in [-0.15, -0.1) is 0 Å². The molecule has 25 heavy (non-hydrogen) atoms. The van der Waals surface area contributed by atoms with E-state index in [0.717, 1.165) is 11.1 Å². The molecular weight excluding hydrogens is 322 g/mol. The summed E-state index contributed by atoms with van der Waals surface area (Å²) in [6.07, 6.45) is -0.0995. The zero-order chi connectivity index (χ0) is 17.6. The van der Waals surface area contributed by atoms with Crippen LogP contribution in [0, 0.1) is 0 Å². The predicted octanol–water partition coefficient (Wildman–Crippen LogP) is -0.0155. The molecule has 4 rings (SSSR count). The minimum absolute atomic E-state index is 0.0995. The number of aromatic nitrogens is 4. The van der Waals surface area contributed by atoms with E-state index in [4.69, 9.17) is 4.74 Å². The second-order valence-corrected chi connectivity index (χ2v) is 6.24. The van der Waals surface area contributed by atoms with Crippen LogP contribution in [0.25, 0.3) is 11.2 Å². The summed E-state index contributed by atoms with van der Waals surface area (Å²) >= 11 is 0. The number of aryl methyl sites for hydroxylation is 1. The molecule has 0 bridgehead atoms. The van der Waals surface area contributed by atoms with Crippen LogP contribution in [0.2, 0.25) is 0 Å². The maximum atomic E-state index is 12.4. The molecule has 0 saturated carbocycles. The Kier molecular flexibility index (Phi) is 3.69. The fraction of sp³-hybridized carbons (Fsp3) is 0.353. The van der Waals surface area contributed by atoms with Crippen molar-refractivity contribution in [3.8, 4) is 6.01 Å². The summed E-state index contributed by atoms with van der Waals surface area (Å²) in [7, 11) is 3.07. The molecule has 1 aliphatic rings. The highest BCUT2D eigenvalue weighted by molar-refractivity contribution is 5.72. The van der Waals surface area contributed by atoms with Gasteiger partial charge in [0.1, 0.15) is 6.10 Å². The Morgan fingerprint density at radius 2 is 1.96 bits per heavy atom. The molecule has 0 amide bonds. The van der Waals surface area contributed by atoms with Gasteiger partial charge in [0.25, 0.3) is 11.6 Å². The predicted molar refractivity (Wildman–Crippen MR) is 92.8 cm³/mol. The van der Waals surface area contributed by atoms with E-state index in [-0.39, 0.29) is 11.7 Å². The van der Waals surface area contributed by atoms with Crippen LogP contribution in [0.3, 0.4) is 0 Å². The number of imidazole rings is 1. The number of hydrogen-bond donors (Lipinski definition) is 1. The molecular formula is C17H19N5O3. The molecule has 0 saturated heterocycles. The summed E-state index contributed by atoms with van der Waals surface area (Å²) < 4.78 is 10.1. The van der Waals surface area contributed by atoms with Crippen LogP contribution in [0.5, 0.6) is 6.01 Å². The summed E-state index contributed by atoms with van der Waals surface area (Å²) in [5, 5.41) is 3.36. The average molecular weight is 341 g/mol. The van der Waals surface area contributed by atoms with Crippen molar-refractivity contribution in [2.45, 2.75) is 19.2 Å². The normalized spacial score (nSPS) is 16.2. The standard InChI is InChI=1S/C17H19N5O3/c1-20-14-13(15(23)21(2)17(20)24)22-10-12(25-16(22)19-14)9-18-8-11-6-4-3-5-7-11/h3-7,12,18H,8-10H2,1-2H3/t12-/m0/s1. The van der Waals surface area contributed by atoms with Gasteiger partial charge in [0.2, 0.25) is 0 Å². The molecule has 1 N–H and O–H groups in total. The third-order valence-corrected chi connectivity index (χ3v) is 4.52. The monoisotopic (exact) mass is 341 g/mol. The van der Waals surface area contributed by atoms with Gasteiger partial charge in [-0.2, -0.15) is 4.98 Å². The maximum absolute atomic E-state index is 12.4. The Balaban J connectivity index is 1.53. The van der Waals surface area contributed by atoms with E-state index in [1.165, 1.54) is 17.2 Å². The van der Waals surface area contributed by atoms with Gasteiger partial charge in [-0.05, 0) is 5.56 Å². The van der Waals surface area contributed by atoms with E-state index < -0.39 is 5.69 Å². The summed E-state index contributed by atoms with van der Waals surface area (Å²) in [6, 6.07) is 10.5. The van der Waals surface area contributed by atoms with Crippen LogP contribution in [0.1, 0.15) is 5.56 Å². The van der Waals surface area contributed by atoms with E-state index in [9.17, 15) is 9.59 Å². The molecule has 8 heteroatoms. The van der Waals surface area contributed by atoms with Crippen molar-refractivity contribution in [1.82, 2.24) is 24.0 Å². The fourth-order valence-corrected chi connectivity index (χ4v) is 3.16. The van der Waals surface area contributed by atoms with E-state index in [2.05, 4.69) is 22.4 Å². The van der Waals surface area contributed by atoms with Crippen LogP contribution in [-0.2, 0) is 27.2 Å². The molecule has 0 unspecified atom stereocenters. The van der Waals surface area contributed by atoms with Gasteiger partial charge in [0, 0.05) is 27.2 Å². The largest absolute Gasteiger partial charge is 0.458 e. The molecule has 8 nitrogen and oxygen atoms in total. The summed E-state index contributed by atoms with van der Waals surface area (Å²) in [4.78, 5) is 28.8. The molecule has 1 aliphatic heterocycles. The molecule has 3 aromatic rings. The van der Waals surface area contributed by atoms with Gasteiger partial charge >= 0.3 is 5.69 Å². The molecule has 3 heterocycles. The quantitative estimate of drug-likeness (QED) is 0.721. The average Bonchev–Trinajstić information content (AvgIpc) is 3.16. The SMILES string of the molecule is Cn1c(=O)c2c(nc3n2C[C@H](CNCc2ccccc2)O3)n(C)c1=O. The van der Waals surface area contributed by atoms with Crippen LogP contribution < -0.4 is 21.3 Å². The highest BCUT2D eigenvalue weighted by atomic mass is 16.5. The van der Waals surface area contributed by atoms with Crippen molar-refractivity contribution in [1.29, 1.82) is 0 Å². The van der Waals surface area contributed by atoms with E-state index in [1.807, 2.05) is 18.2 Å². The van der Waals surface area contributed by atoms with Crippen molar-refractivity contribution in [2.24, 2.45) is 14.1 Å². The first-order valence-corrected chi connectivity index (χ1v) is 8.14. The van der Waals surface area contributed by atoms with Crippen LogP contribution >= 0.6 is 0 Å². The van der Waals surface area contributed by atoms with Gasteiger partial charge in [-0.1, -0.05) is 30.3 Å². The minimum Gasteiger partial charge on any atom is -0.458 e. The number of ether oxygens (including phenoxy) is 1. The van der Waals surface area contributed by atoms with Gasteiger partial charge in [0.05, 0.1) is 6.54 Å². The number of rotatable bonds is 4. The Bertz CT molecular complexity index is 1050. The van der Waals surface area contributed by atoms with Crippen LogP contribution in [0.4, 0.5) is 0 Å². The van der Waals surface area contributed by atoms with Crippen LogP contribution in [-0.4, -0.2) is 31.3 Å². The molecule has 1 aromatic carbocycles. The highest BCUT2D eigenvalue weighted by Gasteiger charge is 2.29. The van der Waals surface area contributed by atoms with Gasteiger partial charge in [0.15, 0.2) is 11.2 Å². The Morgan fingerprint density at radius 1 is 1.20 bits per heavy atom. The molecule has 1 atom stereocenters. The van der Waals surface area contributed by atoms with Crippen LogP contribution in [0.15, 0.2) is 39.9 Å². The first-order chi connectivity index (χ1) is 12.1. The molecule has 0 spiro atoms. The van der Waals surface area contributed by atoms with Gasteiger partial charge < -0.3 is 10.1 Å². The first kappa shape index (κ1) is 15.6. The lowest BCUT2D eigenvalue weighted by atomic mass is 10.2. The molecule has 130 valence electrons. The van der Waals surface area contributed by atoms with Crippen molar-refractivity contribution in [2.75, 3.05) is 6.54 Å². The summed E-state index contributed by atoms with van der Waals surface area (Å²) in [5.74, 6) is 0. The molecule has 0 fully saturated rings. The maximum Gasteiger partial charge on any atom is 0.332 e. The number of nitrogens with zero attached hydrogens (tertiary/aromatic N) is 4. The Labute approximate surface area is 143 Å². The molecule has 2 aromatic heterocycles. The minimum atomic E-state index is -0.393. The number of nitrogens with one attached hydrogen (secondary N) is 1. The fourth-order valence-electron chi connectivity index (χ4n) is 3.16. The van der Waals surface area contributed by atoms with E-state index in [0.29, 0.717) is 30.3 Å². The first-order valence-electron chi connectivity index (χ1n) is 8.14. The third-order valence-electron chi connectivity index (χ3n) is 4.52. The van der Waals surface area contributed by atoms with Gasteiger partial charge in [-0.25, -0.2) is 4.79 Å². The van der Waals surface area contributed by atoms with Crippen molar-refractivity contribution >= 4 is 11.2 Å². The summed E-state index contributed by atoms with van der Waals surface area (Å²) in [5.41, 5.74) is 1.23. The zero-order valence-corrected chi connectivity index (χ0v) is 14.1. The Morgan fingerprint density at radius 3 is 2.72 bits per heavy atom. The lowest BCUT2D eigenvalue weighted by Crippen LogP contribution is -2.38. The van der Waals surface area contributed by atoms with Crippen molar-refractivity contribution in [3.05, 3.63) is 56.7 Å². The molecule has 0 radical (unpaired) electrons. The van der Waals surface area contributed by atoms with Crippen molar-refractivity contribution < 1.29 is 4.74 Å². The number of fused-ring (bicyclic) bond motifs is 3. The second kappa shape index (κ2) is 5.89. The number of hydrogen-bond acceptors (Lipinski definition) is 5. The lowest BCUT2D eigenvalue weighted by Gasteiger charge is -2.11. The third kappa shape index (κ3) is 2.54. The molecule has 0 aliphatic carbocycles. The summed E-state index contributed by atoms with van der Waals surface area (Å²) in [6.45, 7) is 1.92. The van der Waals surface area contributed by atoms with E-state index in [1.54, 1.807) is 11.6 Å². The topological polar surface area (TPSA) is 83.1 Å². The Hall–Kier alpha value is -2.87. The smallest absolute Gasteiger partial charge is 0.332 e. The van der Waals surface area contributed by atoms with Crippen molar-refractivity contribution in [3.63, 3.8) is 0 Å². The zero-order valence-electron chi connectivity index (χ0n) is 14.1. The van der Waals surface area contributed by atoms with E-state index >= 15 is 0 Å².